The van der Waals surface area contributed by atoms with E-state index in [1.807, 2.05) is 24.3 Å². The van der Waals surface area contributed by atoms with Gasteiger partial charge in [0, 0.05) is 29.8 Å². The van der Waals surface area contributed by atoms with Gasteiger partial charge in [-0.05, 0) is 49.1 Å². The topological polar surface area (TPSA) is 83.5 Å². The highest BCUT2D eigenvalue weighted by Crippen LogP contribution is 2.06. The van der Waals surface area contributed by atoms with E-state index in [1.165, 1.54) is 5.56 Å². The molecule has 2 aromatic carbocycles. The molecule has 2 rings (SSSR count). The van der Waals surface area contributed by atoms with Gasteiger partial charge in [0.1, 0.15) is 6.29 Å². The Hall–Kier alpha value is -2.89. The Morgan fingerprint density at radius 1 is 0.852 bits per heavy atom. The zero-order valence-corrected chi connectivity index (χ0v) is 15.5. The number of unbranched alkanes of at least 4 members (excludes halogenated alkanes) is 1. The van der Waals surface area contributed by atoms with E-state index in [9.17, 15) is 4.79 Å². The smallest absolute Gasteiger partial charge is 0.150 e. The van der Waals surface area contributed by atoms with E-state index in [2.05, 4.69) is 11.8 Å². The van der Waals surface area contributed by atoms with Crippen molar-refractivity contribution < 1.29 is 15.0 Å². The summed E-state index contributed by atoms with van der Waals surface area (Å²) in [6, 6.07) is 14.9. The van der Waals surface area contributed by atoms with E-state index in [1.54, 1.807) is 24.3 Å². The maximum Gasteiger partial charge on any atom is 0.150 e. The number of rotatable bonds is 6. The lowest BCUT2D eigenvalue weighted by molar-refractivity contribution is 0.112. The maximum absolute atomic E-state index is 10.2. The molecule has 0 spiro atoms. The number of hydrogen-bond acceptors (Lipinski definition) is 4. The number of benzene rings is 2. The molecule has 0 heterocycles. The minimum Gasteiger partial charge on any atom is -0.396 e. The van der Waals surface area contributed by atoms with Crippen molar-refractivity contribution in [3.8, 4) is 24.7 Å². The third kappa shape index (κ3) is 12.2. The molecule has 2 aromatic rings. The van der Waals surface area contributed by atoms with Crippen LogP contribution in [0.25, 0.3) is 0 Å². The molecule has 0 saturated heterocycles. The van der Waals surface area contributed by atoms with Crippen LogP contribution >= 0.6 is 0 Å². The van der Waals surface area contributed by atoms with E-state index < -0.39 is 0 Å². The fourth-order valence-corrected chi connectivity index (χ4v) is 1.87. The third-order valence-corrected chi connectivity index (χ3v) is 3.34. The lowest BCUT2D eigenvalue weighted by Gasteiger charge is -1.99. The van der Waals surface area contributed by atoms with Crippen LogP contribution in [0.2, 0.25) is 0 Å². The van der Waals surface area contributed by atoms with Crippen molar-refractivity contribution in [1.82, 2.24) is 0 Å². The molecule has 142 valence electrons. The van der Waals surface area contributed by atoms with Crippen LogP contribution < -0.4 is 5.73 Å². The number of terminal acetylenes is 2. The number of carbonyl (C=O) groups is 1. The van der Waals surface area contributed by atoms with Crippen molar-refractivity contribution in [2.75, 3.05) is 19.8 Å². The van der Waals surface area contributed by atoms with Gasteiger partial charge in [0.15, 0.2) is 0 Å². The Morgan fingerprint density at radius 3 is 1.70 bits per heavy atom. The van der Waals surface area contributed by atoms with Gasteiger partial charge < -0.3 is 15.9 Å². The van der Waals surface area contributed by atoms with Crippen LogP contribution in [0.3, 0.4) is 0 Å². The number of nitrogens with two attached hydrogens (primary N) is 1. The molecule has 0 fully saturated rings. The molecule has 27 heavy (non-hydrogen) atoms. The van der Waals surface area contributed by atoms with Gasteiger partial charge in [0.05, 0.1) is 6.61 Å². The second-order valence-corrected chi connectivity index (χ2v) is 5.42. The monoisotopic (exact) mass is 365 g/mol. The Morgan fingerprint density at radius 2 is 1.33 bits per heavy atom. The van der Waals surface area contributed by atoms with Crippen molar-refractivity contribution in [2.24, 2.45) is 5.73 Å². The Bertz CT molecular complexity index is 705. The van der Waals surface area contributed by atoms with Crippen LogP contribution in [0.4, 0.5) is 0 Å². The molecule has 0 aliphatic rings. The summed E-state index contributed by atoms with van der Waals surface area (Å²) >= 11 is 0. The SMILES string of the molecule is C#Cc1ccc(C=O)cc1.C#Cc1ccc(CCCCO)cc1.NCCO. The zero-order chi connectivity index (χ0) is 20.3. The number of aldehydes is 1. The van der Waals surface area contributed by atoms with Gasteiger partial charge in [-0.2, -0.15) is 0 Å². The molecule has 0 atom stereocenters. The maximum atomic E-state index is 10.2. The molecule has 0 aliphatic heterocycles. The lowest BCUT2D eigenvalue weighted by Crippen LogP contribution is -2.02. The third-order valence-electron chi connectivity index (χ3n) is 3.34. The molecule has 0 aromatic heterocycles. The highest BCUT2D eigenvalue weighted by molar-refractivity contribution is 5.74. The van der Waals surface area contributed by atoms with Gasteiger partial charge in [-0.25, -0.2) is 0 Å². The Labute approximate surface area is 162 Å². The summed E-state index contributed by atoms with van der Waals surface area (Å²) in [5.74, 6) is 5.04. The summed E-state index contributed by atoms with van der Waals surface area (Å²) in [5, 5.41) is 16.3. The number of aryl methyl sites for hydroxylation is 1. The van der Waals surface area contributed by atoms with Crippen LogP contribution in [0.1, 0.15) is 39.9 Å². The van der Waals surface area contributed by atoms with Crippen molar-refractivity contribution in [3.63, 3.8) is 0 Å². The highest BCUT2D eigenvalue weighted by Gasteiger charge is 1.92. The first kappa shape index (κ1) is 24.1. The lowest BCUT2D eigenvalue weighted by atomic mass is 10.1. The van der Waals surface area contributed by atoms with Crippen molar-refractivity contribution in [3.05, 3.63) is 70.8 Å². The minimum absolute atomic E-state index is 0.0972. The zero-order valence-electron chi connectivity index (χ0n) is 15.5. The molecule has 0 unspecified atom stereocenters. The van der Waals surface area contributed by atoms with E-state index in [0.29, 0.717) is 12.1 Å². The molecular formula is C23H27NO3. The Balaban J connectivity index is 0.000000428. The molecule has 4 N–H and O–H groups in total. The fourth-order valence-electron chi connectivity index (χ4n) is 1.87. The van der Waals surface area contributed by atoms with Crippen molar-refractivity contribution >= 4 is 6.29 Å². The minimum atomic E-state index is 0.0972. The number of aliphatic hydroxyl groups is 2. The summed E-state index contributed by atoms with van der Waals surface area (Å²) in [6.45, 7) is 0.752. The molecule has 0 bridgehead atoms. The van der Waals surface area contributed by atoms with E-state index in [-0.39, 0.29) is 13.2 Å². The summed E-state index contributed by atoms with van der Waals surface area (Å²) < 4.78 is 0. The standard InChI is InChI=1S/C12H14O.C9H6O.C2H7NO/c1-2-11-6-8-12(9-7-11)5-3-4-10-13;1-2-8-3-5-9(7-10)6-4-8;3-1-2-4/h1,6-9,13H,3-5,10H2;1,3-7H;4H,1-3H2. The van der Waals surface area contributed by atoms with E-state index >= 15 is 0 Å². The highest BCUT2D eigenvalue weighted by atomic mass is 16.3. The molecule has 4 heteroatoms. The normalized spacial score (nSPS) is 8.78. The molecular weight excluding hydrogens is 338 g/mol. The number of aliphatic hydroxyl groups excluding tert-OH is 2. The first-order valence-corrected chi connectivity index (χ1v) is 8.64. The molecule has 0 amide bonds. The summed E-state index contributed by atoms with van der Waals surface area (Å²) in [4.78, 5) is 10.2. The average molecular weight is 365 g/mol. The molecule has 0 saturated carbocycles. The van der Waals surface area contributed by atoms with Crippen molar-refractivity contribution in [2.45, 2.75) is 19.3 Å². The van der Waals surface area contributed by atoms with E-state index in [4.69, 9.17) is 28.8 Å². The van der Waals surface area contributed by atoms with Crippen molar-refractivity contribution in [1.29, 1.82) is 0 Å². The molecule has 4 nitrogen and oxygen atoms in total. The average Bonchev–Trinajstić information content (AvgIpc) is 2.75. The second-order valence-electron chi connectivity index (χ2n) is 5.42. The Kier molecular flexibility index (Phi) is 14.8. The van der Waals surface area contributed by atoms with Crippen LogP contribution in [0.15, 0.2) is 48.5 Å². The summed E-state index contributed by atoms with van der Waals surface area (Å²) in [7, 11) is 0. The van der Waals surface area contributed by atoms with E-state index in [0.717, 1.165) is 36.7 Å². The predicted octanol–water partition coefficient (Wildman–Crippen LogP) is 2.40. The van der Waals surface area contributed by atoms with Gasteiger partial charge >= 0.3 is 0 Å². The first-order valence-electron chi connectivity index (χ1n) is 8.64. The van der Waals surface area contributed by atoms with Crippen LogP contribution in [0, 0.1) is 24.7 Å². The van der Waals surface area contributed by atoms with Gasteiger partial charge in [-0.3, -0.25) is 4.79 Å². The number of carbonyl (C=O) groups excluding carboxylic acids is 1. The van der Waals surface area contributed by atoms with Gasteiger partial charge in [0.25, 0.3) is 0 Å². The molecule has 0 radical (unpaired) electrons. The van der Waals surface area contributed by atoms with Gasteiger partial charge in [0.2, 0.25) is 0 Å². The first-order chi connectivity index (χ1) is 13.1. The fraction of sp³-hybridized carbons (Fsp3) is 0.261. The largest absolute Gasteiger partial charge is 0.396 e. The van der Waals surface area contributed by atoms with Crippen LogP contribution in [-0.4, -0.2) is 36.3 Å². The second kappa shape index (κ2) is 16.6. The van der Waals surface area contributed by atoms with Gasteiger partial charge in [-0.1, -0.05) is 36.1 Å². The predicted molar refractivity (Wildman–Crippen MR) is 110 cm³/mol. The van der Waals surface area contributed by atoms with Crippen LogP contribution in [-0.2, 0) is 6.42 Å². The number of hydrogen-bond donors (Lipinski definition) is 3. The summed E-state index contributed by atoms with van der Waals surface area (Å²) in [6.07, 6.45) is 14.1. The van der Waals surface area contributed by atoms with Crippen LogP contribution in [0.5, 0.6) is 0 Å². The summed E-state index contributed by atoms with van der Waals surface area (Å²) in [5.41, 5.74) is 8.43. The quantitative estimate of drug-likeness (QED) is 0.417. The molecule has 0 aliphatic carbocycles. The van der Waals surface area contributed by atoms with Gasteiger partial charge in [-0.15, -0.1) is 12.8 Å².